The molecular weight excluding hydrogens is 275 g/mol. The van der Waals surface area contributed by atoms with Gasteiger partial charge in [0.15, 0.2) is 0 Å². The summed E-state index contributed by atoms with van der Waals surface area (Å²) in [7, 11) is 0. The summed E-state index contributed by atoms with van der Waals surface area (Å²) in [5, 5.41) is 8.62. The summed E-state index contributed by atoms with van der Waals surface area (Å²) in [5.74, 6) is -0.508. The summed E-state index contributed by atoms with van der Waals surface area (Å²) in [5.41, 5.74) is 0.398. The van der Waals surface area contributed by atoms with E-state index in [0.29, 0.717) is 31.9 Å². The van der Waals surface area contributed by atoms with Gasteiger partial charge in [-0.15, -0.1) is 0 Å². The lowest BCUT2D eigenvalue weighted by Gasteiger charge is -2.34. The van der Waals surface area contributed by atoms with Gasteiger partial charge < -0.3 is 14.7 Å². The SMILES string of the molecule is O=C(c1cccc(F)c1)N1CCN(CCOCCO)CC1. The van der Waals surface area contributed by atoms with E-state index in [9.17, 15) is 9.18 Å². The quantitative estimate of drug-likeness (QED) is 0.781. The molecule has 0 saturated carbocycles. The number of hydrogen-bond donors (Lipinski definition) is 1. The number of halogens is 1. The highest BCUT2D eigenvalue weighted by Gasteiger charge is 2.22. The summed E-state index contributed by atoms with van der Waals surface area (Å²) in [4.78, 5) is 16.2. The van der Waals surface area contributed by atoms with E-state index in [2.05, 4.69) is 4.90 Å². The maximum absolute atomic E-state index is 13.1. The first kappa shape index (κ1) is 15.9. The van der Waals surface area contributed by atoms with E-state index in [1.807, 2.05) is 0 Å². The number of aliphatic hydroxyl groups is 1. The second-order valence-electron chi connectivity index (χ2n) is 4.98. The molecule has 1 N–H and O–H groups in total. The molecule has 1 aliphatic heterocycles. The van der Waals surface area contributed by atoms with Gasteiger partial charge in [-0.3, -0.25) is 9.69 Å². The Balaban J connectivity index is 1.77. The molecule has 1 amide bonds. The molecule has 0 unspecified atom stereocenters. The van der Waals surface area contributed by atoms with Gasteiger partial charge in [0.2, 0.25) is 0 Å². The number of amides is 1. The number of rotatable bonds is 6. The van der Waals surface area contributed by atoms with Crippen molar-refractivity contribution in [1.82, 2.24) is 9.80 Å². The fourth-order valence-corrected chi connectivity index (χ4v) is 2.34. The highest BCUT2D eigenvalue weighted by atomic mass is 19.1. The van der Waals surface area contributed by atoms with Crippen LogP contribution in [-0.4, -0.2) is 73.4 Å². The first-order chi connectivity index (χ1) is 10.2. The largest absolute Gasteiger partial charge is 0.394 e. The minimum Gasteiger partial charge on any atom is -0.394 e. The van der Waals surface area contributed by atoms with E-state index in [1.54, 1.807) is 17.0 Å². The van der Waals surface area contributed by atoms with Gasteiger partial charge in [-0.25, -0.2) is 4.39 Å². The van der Waals surface area contributed by atoms with E-state index in [4.69, 9.17) is 9.84 Å². The van der Waals surface area contributed by atoms with Gasteiger partial charge in [0, 0.05) is 38.3 Å². The Bertz CT molecular complexity index is 462. The van der Waals surface area contributed by atoms with Crippen molar-refractivity contribution in [3.63, 3.8) is 0 Å². The Morgan fingerprint density at radius 2 is 2.00 bits per heavy atom. The predicted octanol–water partition coefficient (Wildman–Crippen LogP) is 0.592. The highest BCUT2D eigenvalue weighted by molar-refractivity contribution is 5.94. The number of ether oxygens (including phenoxy) is 1. The number of piperazine rings is 1. The summed E-state index contributed by atoms with van der Waals surface area (Å²) >= 11 is 0. The Morgan fingerprint density at radius 1 is 1.24 bits per heavy atom. The van der Waals surface area contributed by atoms with E-state index < -0.39 is 0 Å². The van der Waals surface area contributed by atoms with Crippen LogP contribution in [0.25, 0.3) is 0 Å². The predicted molar refractivity (Wildman–Crippen MR) is 76.6 cm³/mol. The second kappa shape index (κ2) is 8.07. The number of hydrogen-bond acceptors (Lipinski definition) is 4. The van der Waals surface area contributed by atoms with Crippen molar-refractivity contribution in [3.05, 3.63) is 35.6 Å². The summed E-state index contributed by atoms with van der Waals surface area (Å²) in [6, 6.07) is 5.80. The molecule has 0 spiro atoms. The zero-order chi connectivity index (χ0) is 15.1. The van der Waals surface area contributed by atoms with Crippen LogP contribution >= 0.6 is 0 Å². The van der Waals surface area contributed by atoms with Crippen molar-refractivity contribution in [2.24, 2.45) is 0 Å². The molecule has 6 heteroatoms. The Kier molecular flexibility index (Phi) is 6.10. The van der Waals surface area contributed by atoms with Crippen molar-refractivity contribution in [1.29, 1.82) is 0 Å². The van der Waals surface area contributed by atoms with Crippen LogP contribution in [-0.2, 0) is 4.74 Å². The molecule has 1 fully saturated rings. The fourth-order valence-electron chi connectivity index (χ4n) is 2.34. The normalized spacial score (nSPS) is 16.2. The minimum atomic E-state index is -0.388. The lowest BCUT2D eigenvalue weighted by atomic mass is 10.1. The van der Waals surface area contributed by atoms with Crippen LogP contribution in [0, 0.1) is 5.82 Å². The molecule has 116 valence electrons. The van der Waals surface area contributed by atoms with Gasteiger partial charge in [0.1, 0.15) is 5.82 Å². The van der Waals surface area contributed by atoms with E-state index in [-0.39, 0.29) is 18.3 Å². The van der Waals surface area contributed by atoms with E-state index in [1.165, 1.54) is 12.1 Å². The Hall–Kier alpha value is -1.50. The molecule has 0 atom stereocenters. The second-order valence-corrected chi connectivity index (χ2v) is 4.98. The van der Waals surface area contributed by atoms with Crippen LogP contribution in [0.2, 0.25) is 0 Å². The molecule has 0 aliphatic carbocycles. The van der Waals surface area contributed by atoms with Crippen molar-refractivity contribution < 1.29 is 19.0 Å². The van der Waals surface area contributed by atoms with Crippen molar-refractivity contribution in [3.8, 4) is 0 Å². The molecule has 21 heavy (non-hydrogen) atoms. The summed E-state index contributed by atoms with van der Waals surface area (Å²) in [6.07, 6.45) is 0. The maximum atomic E-state index is 13.1. The van der Waals surface area contributed by atoms with Gasteiger partial charge in [0.05, 0.1) is 19.8 Å². The maximum Gasteiger partial charge on any atom is 0.254 e. The molecule has 5 nitrogen and oxygen atoms in total. The van der Waals surface area contributed by atoms with Crippen molar-refractivity contribution >= 4 is 5.91 Å². The zero-order valence-corrected chi connectivity index (χ0v) is 12.0. The van der Waals surface area contributed by atoms with Crippen LogP contribution in [0.1, 0.15) is 10.4 Å². The first-order valence-corrected chi connectivity index (χ1v) is 7.16. The average molecular weight is 296 g/mol. The molecular formula is C15H21FN2O3. The standard InChI is InChI=1S/C15H21FN2O3/c16-14-3-1-2-13(12-14)15(20)18-6-4-17(5-7-18)8-10-21-11-9-19/h1-3,12,19H,4-11H2. The molecule has 1 heterocycles. The summed E-state index contributed by atoms with van der Waals surface area (Å²) in [6.45, 7) is 4.60. The molecule has 1 aromatic carbocycles. The van der Waals surface area contributed by atoms with Gasteiger partial charge >= 0.3 is 0 Å². The van der Waals surface area contributed by atoms with Crippen LogP contribution in [0.5, 0.6) is 0 Å². The van der Waals surface area contributed by atoms with Gasteiger partial charge in [0.25, 0.3) is 5.91 Å². The van der Waals surface area contributed by atoms with Gasteiger partial charge in [-0.1, -0.05) is 6.07 Å². The highest BCUT2D eigenvalue weighted by Crippen LogP contribution is 2.10. The van der Waals surface area contributed by atoms with Crippen molar-refractivity contribution in [2.75, 3.05) is 52.5 Å². The first-order valence-electron chi connectivity index (χ1n) is 7.16. The third kappa shape index (κ3) is 4.77. The van der Waals surface area contributed by atoms with Gasteiger partial charge in [-0.05, 0) is 18.2 Å². The third-order valence-corrected chi connectivity index (χ3v) is 3.52. The summed E-state index contributed by atoms with van der Waals surface area (Å²) < 4.78 is 18.4. The molecule has 0 radical (unpaired) electrons. The minimum absolute atomic E-state index is 0.0376. The number of benzene rings is 1. The lowest BCUT2D eigenvalue weighted by Crippen LogP contribution is -2.49. The Morgan fingerprint density at radius 3 is 2.67 bits per heavy atom. The third-order valence-electron chi connectivity index (χ3n) is 3.52. The van der Waals surface area contributed by atoms with E-state index in [0.717, 1.165) is 19.6 Å². The number of aliphatic hydroxyl groups excluding tert-OH is 1. The zero-order valence-electron chi connectivity index (χ0n) is 12.0. The average Bonchev–Trinajstić information content (AvgIpc) is 2.51. The lowest BCUT2D eigenvalue weighted by molar-refractivity contribution is 0.0486. The molecule has 0 aromatic heterocycles. The molecule has 1 saturated heterocycles. The van der Waals surface area contributed by atoms with Crippen molar-refractivity contribution in [2.45, 2.75) is 0 Å². The molecule has 0 bridgehead atoms. The van der Waals surface area contributed by atoms with E-state index >= 15 is 0 Å². The van der Waals surface area contributed by atoms with Crippen LogP contribution < -0.4 is 0 Å². The number of nitrogens with zero attached hydrogens (tertiary/aromatic N) is 2. The topological polar surface area (TPSA) is 53.0 Å². The fraction of sp³-hybridized carbons (Fsp3) is 0.533. The number of carbonyl (C=O) groups excluding carboxylic acids is 1. The van der Waals surface area contributed by atoms with Gasteiger partial charge in [-0.2, -0.15) is 0 Å². The molecule has 1 aromatic rings. The smallest absolute Gasteiger partial charge is 0.254 e. The Labute approximate surface area is 123 Å². The molecule has 2 rings (SSSR count). The number of carbonyl (C=O) groups is 1. The monoisotopic (exact) mass is 296 g/mol. The van der Waals surface area contributed by atoms with Crippen LogP contribution in [0.15, 0.2) is 24.3 Å². The van der Waals surface area contributed by atoms with Crippen LogP contribution in [0.4, 0.5) is 4.39 Å². The van der Waals surface area contributed by atoms with Crippen LogP contribution in [0.3, 0.4) is 0 Å². The molecule has 1 aliphatic rings.